The molecule has 1 aromatic heterocycles. The highest BCUT2D eigenvalue weighted by atomic mass is 16.5. The Morgan fingerprint density at radius 1 is 1.33 bits per heavy atom. The van der Waals surface area contributed by atoms with Gasteiger partial charge in [0, 0.05) is 19.7 Å². The van der Waals surface area contributed by atoms with Gasteiger partial charge in [0.05, 0.1) is 31.4 Å². The third kappa shape index (κ3) is 3.90. The zero-order chi connectivity index (χ0) is 21.3. The largest absolute Gasteiger partial charge is 0.479 e. The fourth-order valence-electron chi connectivity index (χ4n) is 4.49. The van der Waals surface area contributed by atoms with Gasteiger partial charge in [-0.05, 0) is 31.9 Å². The summed E-state index contributed by atoms with van der Waals surface area (Å²) >= 11 is 0. The molecule has 3 atom stereocenters. The van der Waals surface area contributed by atoms with Gasteiger partial charge in [0.2, 0.25) is 5.52 Å². The first kappa shape index (κ1) is 21.0. The number of aliphatic hydroxyl groups is 2. The van der Waals surface area contributed by atoms with Crippen molar-refractivity contribution < 1.29 is 29.0 Å². The van der Waals surface area contributed by atoms with Gasteiger partial charge in [-0.3, -0.25) is 4.79 Å². The first-order chi connectivity index (χ1) is 14.5. The zero-order valence-electron chi connectivity index (χ0n) is 17.4. The fraction of sp³-hybridized carbons (Fsp3) is 0.619. The number of carbonyl (C=O) groups excluding carboxylic acids is 1. The van der Waals surface area contributed by atoms with Crippen LogP contribution in [0.15, 0.2) is 18.2 Å². The summed E-state index contributed by atoms with van der Waals surface area (Å²) in [6.07, 6.45) is 0.479. The predicted octanol–water partition coefficient (Wildman–Crippen LogP) is -0.471. The minimum atomic E-state index is -0.904. The van der Waals surface area contributed by atoms with E-state index < -0.39 is 12.2 Å². The number of amides is 1. The van der Waals surface area contributed by atoms with Crippen LogP contribution in [0.3, 0.4) is 0 Å². The molecule has 4 rings (SSSR count). The molecule has 1 amide bonds. The van der Waals surface area contributed by atoms with E-state index in [1.165, 1.54) is 4.90 Å². The first-order valence-electron chi connectivity index (χ1n) is 10.7. The molecule has 2 aliphatic heterocycles. The van der Waals surface area contributed by atoms with Crippen LogP contribution in [0.2, 0.25) is 0 Å². The molecule has 30 heavy (non-hydrogen) atoms. The van der Waals surface area contributed by atoms with Gasteiger partial charge in [-0.1, -0.05) is 6.07 Å². The van der Waals surface area contributed by atoms with Gasteiger partial charge in [0.15, 0.2) is 17.9 Å². The molecule has 2 aliphatic rings. The number of para-hydroxylation sites is 1. The summed E-state index contributed by atoms with van der Waals surface area (Å²) in [4.78, 5) is 13.9. The lowest BCUT2D eigenvalue weighted by Gasteiger charge is -2.15. The minimum absolute atomic E-state index is 0.123. The van der Waals surface area contributed by atoms with Crippen LogP contribution in [0.5, 0.6) is 5.75 Å². The second-order valence-electron chi connectivity index (χ2n) is 7.96. The van der Waals surface area contributed by atoms with Crippen molar-refractivity contribution in [3.63, 3.8) is 0 Å². The molecule has 2 fully saturated rings. The van der Waals surface area contributed by atoms with Gasteiger partial charge >= 0.3 is 0 Å². The maximum atomic E-state index is 12.5. The monoisotopic (exact) mass is 419 g/mol. The normalized spacial score (nSPS) is 24.1. The number of carbonyl (C=O) groups is 1. The summed E-state index contributed by atoms with van der Waals surface area (Å²) < 4.78 is 16.1. The van der Waals surface area contributed by atoms with E-state index in [9.17, 15) is 15.0 Å². The summed E-state index contributed by atoms with van der Waals surface area (Å²) in [5, 5.41) is 19.4. The quantitative estimate of drug-likeness (QED) is 0.523. The maximum absolute atomic E-state index is 12.5. The molecule has 4 N–H and O–H groups in total. The molecule has 0 unspecified atom stereocenters. The van der Waals surface area contributed by atoms with E-state index in [0.717, 1.165) is 49.4 Å². The number of imidazole rings is 1. The number of rotatable bonds is 7. The Kier molecular flexibility index (Phi) is 6.24. The summed E-state index contributed by atoms with van der Waals surface area (Å²) in [5.74, 6) is 1.35. The van der Waals surface area contributed by atoms with E-state index in [1.54, 1.807) is 0 Å². The van der Waals surface area contributed by atoms with E-state index in [0.29, 0.717) is 12.3 Å². The third-order valence-electron chi connectivity index (χ3n) is 6.03. The molecule has 2 aromatic rings. The van der Waals surface area contributed by atoms with Gasteiger partial charge in [0.25, 0.3) is 11.7 Å². The van der Waals surface area contributed by atoms with Crippen molar-refractivity contribution in [2.24, 2.45) is 5.73 Å². The second-order valence-corrected chi connectivity index (χ2v) is 7.96. The van der Waals surface area contributed by atoms with Crippen LogP contribution in [0, 0.1) is 0 Å². The number of nitrogens with two attached hydrogens (primary N) is 1. The third-order valence-corrected chi connectivity index (χ3v) is 6.03. The van der Waals surface area contributed by atoms with Crippen molar-refractivity contribution in [2.75, 3.05) is 26.3 Å². The van der Waals surface area contributed by atoms with E-state index in [-0.39, 0.29) is 31.7 Å². The molecular weight excluding hydrogens is 388 g/mol. The van der Waals surface area contributed by atoms with Crippen LogP contribution in [-0.2, 0) is 29.2 Å². The highest BCUT2D eigenvalue weighted by Crippen LogP contribution is 2.27. The molecule has 1 aromatic carbocycles. The van der Waals surface area contributed by atoms with Gasteiger partial charge in [-0.15, -0.1) is 0 Å². The molecule has 0 spiro atoms. The van der Waals surface area contributed by atoms with Crippen molar-refractivity contribution in [1.29, 1.82) is 0 Å². The standard InChI is InChI=1S/C21H31N4O5/c1-2-24-19(9-22)25(10-14-5-4-8-29-14)15-6-3-7-18(21(15)24)30-13-20(28)23-11-16(26)17(27)12-23/h3,6-7,14,16-17,26-27H,2,4-5,8-13,22H2,1H3/q+1/t14-,16-,17-/m0/s1. The van der Waals surface area contributed by atoms with Crippen LogP contribution >= 0.6 is 0 Å². The van der Waals surface area contributed by atoms with E-state index in [1.807, 2.05) is 18.2 Å². The Bertz CT molecular complexity index is 898. The topological polar surface area (TPSA) is 114 Å². The number of nitrogens with zero attached hydrogens (tertiary/aromatic N) is 3. The summed E-state index contributed by atoms with van der Waals surface area (Å²) in [7, 11) is 0. The lowest BCUT2D eigenvalue weighted by atomic mass is 10.2. The number of likely N-dealkylation sites (tertiary alicyclic amines) is 1. The molecular formula is C21H31N4O5+. The molecule has 164 valence electrons. The maximum Gasteiger partial charge on any atom is 0.271 e. The molecule has 3 heterocycles. The molecule has 9 nitrogen and oxygen atoms in total. The van der Waals surface area contributed by atoms with Crippen LogP contribution in [-0.4, -0.2) is 70.2 Å². The highest BCUT2D eigenvalue weighted by Gasteiger charge is 2.33. The number of hydrogen-bond donors (Lipinski definition) is 3. The Balaban J connectivity index is 1.60. The Labute approximate surface area is 175 Å². The van der Waals surface area contributed by atoms with E-state index in [2.05, 4.69) is 16.1 Å². The lowest BCUT2D eigenvalue weighted by molar-refractivity contribution is -0.676. The number of aliphatic hydroxyl groups excluding tert-OH is 2. The van der Waals surface area contributed by atoms with E-state index in [4.69, 9.17) is 15.2 Å². The fourth-order valence-corrected chi connectivity index (χ4v) is 4.49. The molecule has 2 saturated heterocycles. The number of β-amino-alcohol motifs (C(OH)–C–C–N with tert-alkyl or cyclic N) is 2. The smallest absolute Gasteiger partial charge is 0.271 e. The van der Waals surface area contributed by atoms with Gasteiger partial charge in [-0.25, -0.2) is 9.13 Å². The summed E-state index contributed by atoms with van der Waals surface area (Å²) in [6.45, 7) is 4.79. The number of benzene rings is 1. The number of fused-ring (bicyclic) bond motifs is 1. The average Bonchev–Trinajstić information content (AvgIpc) is 3.45. The SMILES string of the molecule is CC[n+]1c(CN)n(C[C@@H]2CCCO2)c2cccc(OCC(=O)N3C[C@H](O)[C@@H](O)C3)c21. The zero-order valence-corrected chi connectivity index (χ0v) is 17.4. The summed E-state index contributed by atoms with van der Waals surface area (Å²) in [5.41, 5.74) is 8.03. The van der Waals surface area contributed by atoms with Gasteiger partial charge in [-0.2, -0.15) is 0 Å². The lowest BCUT2D eigenvalue weighted by Crippen LogP contribution is -2.39. The minimum Gasteiger partial charge on any atom is -0.479 e. The Hall–Kier alpha value is -2.20. The van der Waals surface area contributed by atoms with Crippen molar-refractivity contribution in [3.8, 4) is 5.75 Å². The number of hydrogen-bond acceptors (Lipinski definition) is 6. The van der Waals surface area contributed by atoms with Crippen LogP contribution in [0.4, 0.5) is 0 Å². The Morgan fingerprint density at radius 2 is 2.10 bits per heavy atom. The van der Waals surface area contributed by atoms with Crippen LogP contribution in [0.1, 0.15) is 25.6 Å². The predicted molar refractivity (Wildman–Crippen MR) is 109 cm³/mol. The summed E-state index contributed by atoms with van der Waals surface area (Å²) in [6, 6.07) is 5.81. The van der Waals surface area contributed by atoms with Crippen LogP contribution < -0.4 is 15.0 Å². The van der Waals surface area contributed by atoms with E-state index >= 15 is 0 Å². The van der Waals surface area contributed by atoms with Crippen molar-refractivity contribution >= 4 is 16.9 Å². The first-order valence-corrected chi connectivity index (χ1v) is 10.7. The molecule has 0 bridgehead atoms. The molecule has 0 saturated carbocycles. The second kappa shape index (κ2) is 8.89. The molecule has 0 radical (unpaired) electrons. The van der Waals surface area contributed by atoms with Gasteiger partial charge in [0.1, 0.15) is 6.54 Å². The molecule has 0 aliphatic carbocycles. The van der Waals surface area contributed by atoms with Crippen LogP contribution in [0.25, 0.3) is 11.0 Å². The van der Waals surface area contributed by atoms with Crippen molar-refractivity contribution in [3.05, 3.63) is 24.0 Å². The number of aromatic nitrogens is 2. The number of ether oxygens (including phenoxy) is 2. The van der Waals surface area contributed by atoms with Crippen molar-refractivity contribution in [1.82, 2.24) is 9.47 Å². The average molecular weight is 420 g/mol. The Morgan fingerprint density at radius 3 is 2.73 bits per heavy atom. The highest BCUT2D eigenvalue weighted by molar-refractivity contribution is 5.81. The number of aryl methyl sites for hydroxylation is 1. The molecule has 9 heteroatoms. The van der Waals surface area contributed by atoms with Gasteiger partial charge < -0.3 is 30.3 Å². The van der Waals surface area contributed by atoms with Crippen molar-refractivity contribution in [2.45, 2.75) is 57.7 Å².